The van der Waals surface area contributed by atoms with E-state index < -0.39 is 12.4 Å². The summed E-state index contributed by atoms with van der Waals surface area (Å²) in [5.41, 5.74) is 0. The maximum Gasteiger partial charge on any atom is 0.183 e. The van der Waals surface area contributed by atoms with E-state index in [0.717, 1.165) is 25.9 Å². The van der Waals surface area contributed by atoms with Crippen molar-refractivity contribution in [3.8, 4) is 0 Å². The summed E-state index contributed by atoms with van der Waals surface area (Å²) in [7, 11) is 2.15. The molecule has 1 aromatic heterocycles. The van der Waals surface area contributed by atoms with Crippen LogP contribution in [-0.4, -0.2) is 77.1 Å². The number of fused-ring (bicyclic) bond motifs is 2. The Morgan fingerprint density at radius 2 is 2.14 bits per heavy atom. The third-order valence-electron chi connectivity index (χ3n) is 5.11. The number of hydrogen-bond donors (Lipinski definition) is 2. The second-order valence-electron chi connectivity index (χ2n) is 6.61. The number of aliphatic hydroxyl groups is 1. The second-order valence-corrected chi connectivity index (χ2v) is 6.61. The predicted octanol–water partition coefficient (Wildman–Crippen LogP) is -0.407. The van der Waals surface area contributed by atoms with Crippen molar-refractivity contribution in [2.45, 2.75) is 49.5 Å². The minimum Gasteiger partial charge on any atom is -0.389 e. The molecule has 5 atom stereocenters. The average molecular weight is 308 g/mol. The van der Waals surface area contributed by atoms with Crippen LogP contribution in [0, 0.1) is 0 Å². The van der Waals surface area contributed by atoms with Gasteiger partial charge in [0.1, 0.15) is 12.1 Å². The summed E-state index contributed by atoms with van der Waals surface area (Å²) in [6.07, 6.45) is 4.72. The Bertz CT molecular complexity index is 489. The van der Waals surface area contributed by atoms with Gasteiger partial charge in [-0.05, 0) is 39.0 Å². The van der Waals surface area contributed by atoms with Gasteiger partial charge in [0.25, 0.3) is 0 Å². The van der Waals surface area contributed by atoms with Gasteiger partial charge in [-0.2, -0.15) is 5.10 Å². The normalized spacial score (nSPS) is 40.2. The molecule has 1 aromatic rings. The molecule has 3 fully saturated rings. The molecule has 3 aliphatic rings. The topological polar surface area (TPSA) is 71.8 Å². The Labute approximate surface area is 130 Å². The van der Waals surface area contributed by atoms with Gasteiger partial charge in [-0.15, -0.1) is 0 Å². The highest BCUT2D eigenvalue weighted by Crippen LogP contribution is 2.35. The van der Waals surface area contributed by atoms with Gasteiger partial charge in [-0.25, -0.2) is 0 Å². The Morgan fingerprint density at radius 1 is 1.32 bits per heavy atom. The maximum absolute atomic E-state index is 10.9. The van der Waals surface area contributed by atoms with Gasteiger partial charge in [-0.3, -0.25) is 4.68 Å². The van der Waals surface area contributed by atoms with Crippen molar-refractivity contribution in [2.75, 3.05) is 26.7 Å². The molecular weight excluding hydrogens is 284 g/mol. The molecule has 122 valence electrons. The standard InChI is InChI=1S/C15H24N4O3/c1-18-7-3-10(4-8-18)17-12-11-9-21-15(22-11)13(14(12)20)19-6-2-5-16-19/h2,5-6,10-15,17,20H,3-4,7-9H2,1H3/t11-,12-,13-,14+,15-/m1/s1. The molecule has 7 nitrogen and oxygen atoms in total. The van der Waals surface area contributed by atoms with Crippen LogP contribution in [0.3, 0.4) is 0 Å². The van der Waals surface area contributed by atoms with Crippen LogP contribution in [-0.2, 0) is 9.47 Å². The fourth-order valence-corrected chi connectivity index (χ4v) is 3.79. The predicted molar refractivity (Wildman–Crippen MR) is 79.3 cm³/mol. The van der Waals surface area contributed by atoms with Crippen molar-refractivity contribution in [2.24, 2.45) is 0 Å². The summed E-state index contributed by atoms with van der Waals surface area (Å²) in [5, 5.41) is 18.8. The zero-order chi connectivity index (χ0) is 15.1. The molecule has 0 spiro atoms. The molecule has 3 aliphatic heterocycles. The van der Waals surface area contributed by atoms with E-state index in [1.807, 2.05) is 12.3 Å². The maximum atomic E-state index is 10.9. The first-order valence-corrected chi connectivity index (χ1v) is 8.11. The molecule has 7 heteroatoms. The lowest BCUT2D eigenvalue weighted by Crippen LogP contribution is -2.60. The SMILES string of the molecule is CN1CCC(N[C@H]2[C@H](O)[C@@H](n3cccn3)[C@@H]3OC[C@H]2O3)CC1. The first-order valence-electron chi connectivity index (χ1n) is 8.11. The number of nitrogens with one attached hydrogen (secondary N) is 1. The van der Waals surface area contributed by atoms with Crippen molar-refractivity contribution >= 4 is 0 Å². The minimum atomic E-state index is -0.564. The lowest BCUT2D eigenvalue weighted by molar-refractivity contribution is -0.169. The minimum absolute atomic E-state index is 0.0773. The van der Waals surface area contributed by atoms with E-state index in [2.05, 4.69) is 22.4 Å². The van der Waals surface area contributed by atoms with Crippen LogP contribution in [0.5, 0.6) is 0 Å². The van der Waals surface area contributed by atoms with E-state index in [-0.39, 0.29) is 18.2 Å². The smallest absolute Gasteiger partial charge is 0.183 e. The molecule has 4 rings (SSSR count). The van der Waals surface area contributed by atoms with Gasteiger partial charge in [0.15, 0.2) is 6.29 Å². The number of nitrogens with zero attached hydrogens (tertiary/aromatic N) is 3. The highest BCUT2D eigenvalue weighted by Gasteiger charge is 2.51. The summed E-state index contributed by atoms with van der Waals surface area (Å²) in [6, 6.07) is 1.88. The van der Waals surface area contributed by atoms with Gasteiger partial charge >= 0.3 is 0 Å². The van der Waals surface area contributed by atoms with Crippen molar-refractivity contribution in [1.29, 1.82) is 0 Å². The molecule has 0 unspecified atom stereocenters. The van der Waals surface area contributed by atoms with E-state index in [1.54, 1.807) is 10.9 Å². The number of rotatable bonds is 3. The first-order chi connectivity index (χ1) is 10.7. The van der Waals surface area contributed by atoms with Crippen LogP contribution in [0.2, 0.25) is 0 Å². The molecule has 2 bridgehead atoms. The zero-order valence-corrected chi connectivity index (χ0v) is 12.8. The number of piperidine rings is 1. The van der Waals surface area contributed by atoms with Gasteiger partial charge < -0.3 is 24.8 Å². The molecule has 3 saturated heterocycles. The summed E-state index contributed by atoms with van der Waals surface area (Å²) >= 11 is 0. The third-order valence-corrected chi connectivity index (χ3v) is 5.11. The number of aromatic nitrogens is 2. The molecule has 0 saturated carbocycles. The van der Waals surface area contributed by atoms with Gasteiger partial charge in [0, 0.05) is 18.4 Å². The lowest BCUT2D eigenvalue weighted by atomic mass is 9.93. The lowest BCUT2D eigenvalue weighted by Gasteiger charge is -2.41. The van der Waals surface area contributed by atoms with E-state index in [0.29, 0.717) is 12.6 Å². The molecule has 4 heterocycles. The van der Waals surface area contributed by atoms with Crippen LogP contribution >= 0.6 is 0 Å². The van der Waals surface area contributed by atoms with Gasteiger partial charge in [0.2, 0.25) is 0 Å². The number of aliphatic hydroxyl groups excluding tert-OH is 1. The Hall–Kier alpha value is -0.990. The second kappa shape index (κ2) is 5.90. The van der Waals surface area contributed by atoms with Crippen LogP contribution in [0.15, 0.2) is 18.5 Å². The zero-order valence-electron chi connectivity index (χ0n) is 12.8. The summed E-state index contributed by atoms with van der Waals surface area (Å²) < 4.78 is 13.4. The van der Waals surface area contributed by atoms with E-state index in [4.69, 9.17) is 9.47 Å². The van der Waals surface area contributed by atoms with Crippen LogP contribution in [0.25, 0.3) is 0 Å². The van der Waals surface area contributed by atoms with E-state index >= 15 is 0 Å². The number of ether oxygens (including phenoxy) is 2. The monoisotopic (exact) mass is 308 g/mol. The molecule has 0 aromatic carbocycles. The quantitative estimate of drug-likeness (QED) is 0.791. The van der Waals surface area contributed by atoms with E-state index in [1.165, 1.54) is 0 Å². The largest absolute Gasteiger partial charge is 0.389 e. The number of hydrogen-bond acceptors (Lipinski definition) is 6. The summed E-state index contributed by atoms with van der Waals surface area (Å²) in [4.78, 5) is 2.34. The Balaban J connectivity index is 1.49. The van der Waals surface area contributed by atoms with Gasteiger partial charge in [-0.1, -0.05) is 0 Å². The fraction of sp³-hybridized carbons (Fsp3) is 0.800. The molecule has 2 N–H and O–H groups in total. The fourth-order valence-electron chi connectivity index (χ4n) is 3.79. The van der Waals surface area contributed by atoms with Crippen molar-refractivity contribution in [3.05, 3.63) is 18.5 Å². The first kappa shape index (κ1) is 14.6. The Morgan fingerprint density at radius 3 is 2.86 bits per heavy atom. The summed E-state index contributed by atoms with van der Waals surface area (Å²) in [6.45, 7) is 2.71. The van der Waals surface area contributed by atoms with Crippen LogP contribution in [0.1, 0.15) is 18.9 Å². The van der Waals surface area contributed by atoms with Crippen molar-refractivity contribution in [1.82, 2.24) is 20.0 Å². The molecule has 0 amide bonds. The van der Waals surface area contributed by atoms with Crippen LogP contribution in [0.4, 0.5) is 0 Å². The molecule has 0 aliphatic carbocycles. The Kier molecular flexibility index (Phi) is 3.91. The van der Waals surface area contributed by atoms with Crippen molar-refractivity contribution < 1.29 is 14.6 Å². The highest BCUT2D eigenvalue weighted by atomic mass is 16.7. The highest BCUT2D eigenvalue weighted by molar-refractivity contribution is 5.01. The van der Waals surface area contributed by atoms with Crippen molar-refractivity contribution in [3.63, 3.8) is 0 Å². The van der Waals surface area contributed by atoms with E-state index in [9.17, 15) is 5.11 Å². The van der Waals surface area contributed by atoms with Crippen LogP contribution < -0.4 is 5.32 Å². The molecule has 0 radical (unpaired) electrons. The molecular formula is C15H24N4O3. The molecule has 22 heavy (non-hydrogen) atoms. The van der Waals surface area contributed by atoms with Gasteiger partial charge in [0.05, 0.1) is 18.8 Å². The summed E-state index contributed by atoms with van der Waals surface area (Å²) in [5.74, 6) is 0. The average Bonchev–Trinajstić information content (AvgIpc) is 3.17. The third kappa shape index (κ3) is 2.57. The number of likely N-dealkylation sites (tertiary alicyclic amines) is 1.